The number of rotatable bonds is 6. The molecule has 1 saturated carbocycles. The normalized spacial score (nSPS) is 19.0. The molecule has 3 rings (SSSR count). The second-order valence-electron chi connectivity index (χ2n) is 7.05. The van der Waals surface area contributed by atoms with E-state index in [1.807, 2.05) is 0 Å². The number of nitrogens with zero attached hydrogens (tertiary/aromatic N) is 1. The number of anilines is 1. The molecule has 2 heterocycles. The molecule has 7 heteroatoms. The van der Waals surface area contributed by atoms with Crippen molar-refractivity contribution in [3.05, 3.63) is 17.7 Å². The van der Waals surface area contributed by atoms with Crippen LogP contribution in [0, 0.1) is 5.41 Å². The Morgan fingerprint density at radius 2 is 1.92 bits per heavy atom. The van der Waals surface area contributed by atoms with E-state index in [2.05, 4.69) is 20.9 Å². The van der Waals surface area contributed by atoms with E-state index in [1.165, 1.54) is 19.3 Å². The quantitative estimate of drug-likeness (QED) is 0.583. The Kier molecular flexibility index (Phi) is 6.44. The highest BCUT2D eigenvalue weighted by Gasteiger charge is 2.22. The Morgan fingerprint density at radius 1 is 1.19 bits per heavy atom. The highest BCUT2D eigenvalue weighted by molar-refractivity contribution is 6.45. The monoisotopic (exact) mass is 359 g/mol. The van der Waals surface area contributed by atoms with Gasteiger partial charge in [0.25, 0.3) is 5.91 Å². The largest absolute Gasteiger partial charge is 0.474 e. The summed E-state index contributed by atoms with van der Waals surface area (Å²) >= 11 is 0. The lowest BCUT2D eigenvalue weighted by atomic mass is 9.98. The van der Waals surface area contributed by atoms with E-state index in [0.29, 0.717) is 17.3 Å². The summed E-state index contributed by atoms with van der Waals surface area (Å²) < 4.78 is 5.99. The molecule has 1 aromatic rings. The molecule has 142 valence electrons. The molecule has 4 N–H and O–H groups in total. The number of aromatic nitrogens is 1. The smallest absolute Gasteiger partial charge is 0.270 e. The Morgan fingerprint density at radius 3 is 2.62 bits per heavy atom. The minimum absolute atomic E-state index is 0.0652. The standard InChI is InChI=1S/C19H29N5O2/c1-21-18-15(17(20)19(25)23-13-9-11-22-12-10-13)7-8-16(24-18)26-14-5-3-2-4-6-14/h7-8,13-14,20,22H,2-6,9-12H2,1H3,(H,21,24)(H,23,25). The minimum Gasteiger partial charge on any atom is -0.474 e. The number of pyridine rings is 1. The Labute approximate surface area is 154 Å². The molecular weight excluding hydrogens is 330 g/mol. The van der Waals surface area contributed by atoms with Crippen molar-refractivity contribution >= 4 is 17.4 Å². The summed E-state index contributed by atoms with van der Waals surface area (Å²) in [6.07, 6.45) is 7.80. The summed E-state index contributed by atoms with van der Waals surface area (Å²) in [5.41, 5.74) is 0.430. The van der Waals surface area contributed by atoms with Crippen molar-refractivity contribution in [3.63, 3.8) is 0 Å². The predicted molar refractivity (Wildman–Crippen MR) is 102 cm³/mol. The minimum atomic E-state index is -0.351. The van der Waals surface area contributed by atoms with E-state index < -0.39 is 0 Å². The predicted octanol–water partition coefficient (Wildman–Crippen LogP) is 2.07. The van der Waals surface area contributed by atoms with Gasteiger partial charge in [0.2, 0.25) is 5.88 Å². The van der Waals surface area contributed by atoms with Gasteiger partial charge in [0.15, 0.2) is 0 Å². The van der Waals surface area contributed by atoms with Gasteiger partial charge in [0.1, 0.15) is 17.6 Å². The van der Waals surface area contributed by atoms with Gasteiger partial charge < -0.3 is 20.7 Å². The van der Waals surface area contributed by atoms with Gasteiger partial charge in [-0.15, -0.1) is 0 Å². The number of carbonyl (C=O) groups is 1. The number of hydrogen-bond donors (Lipinski definition) is 4. The van der Waals surface area contributed by atoms with Crippen LogP contribution in [0.3, 0.4) is 0 Å². The Hall–Kier alpha value is -2.15. The van der Waals surface area contributed by atoms with E-state index in [4.69, 9.17) is 10.1 Å². The maximum absolute atomic E-state index is 12.4. The first-order valence-electron chi connectivity index (χ1n) is 9.63. The lowest BCUT2D eigenvalue weighted by molar-refractivity contribution is -0.115. The second kappa shape index (κ2) is 8.98. The molecular formula is C19H29N5O2. The number of amides is 1. The Bertz CT molecular complexity index is 637. The van der Waals surface area contributed by atoms with E-state index in [9.17, 15) is 4.79 Å². The van der Waals surface area contributed by atoms with Gasteiger partial charge in [-0.1, -0.05) is 6.42 Å². The maximum atomic E-state index is 12.4. The molecule has 26 heavy (non-hydrogen) atoms. The third-order valence-electron chi connectivity index (χ3n) is 5.12. The molecule has 0 radical (unpaired) electrons. The molecule has 1 aliphatic carbocycles. The number of carbonyl (C=O) groups excluding carboxylic acids is 1. The summed E-state index contributed by atoms with van der Waals surface area (Å²) in [7, 11) is 1.74. The van der Waals surface area contributed by atoms with Gasteiger partial charge in [0.05, 0.1) is 0 Å². The van der Waals surface area contributed by atoms with E-state index in [-0.39, 0.29) is 23.8 Å². The van der Waals surface area contributed by atoms with E-state index in [1.54, 1.807) is 19.2 Å². The van der Waals surface area contributed by atoms with Gasteiger partial charge in [-0.2, -0.15) is 4.98 Å². The van der Waals surface area contributed by atoms with E-state index in [0.717, 1.165) is 38.8 Å². The SMILES string of the molecule is CNc1nc(OC2CCCCC2)ccc1C(=N)C(=O)NC1CCNCC1. The van der Waals surface area contributed by atoms with Gasteiger partial charge >= 0.3 is 0 Å². The van der Waals surface area contributed by atoms with E-state index >= 15 is 0 Å². The van der Waals surface area contributed by atoms with Crippen LogP contribution in [0.4, 0.5) is 5.82 Å². The molecule has 0 unspecified atom stereocenters. The van der Waals surface area contributed by atoms with Gasteiger partial charge in [-0.25, -0.2) is 0 Å². The van der Waals surface area contributed by atoms with Crippen molar-refractivity contribution in [2.75, 3.05) is 25.5 Å². The molecule has 7 nitrogen and oxygen atoms in total. The number of nitrogens with one attached hydrogen (secondary N) is 4. The van der Waals surface area contributed by atoms with Crippen molar-refractivity contribution in [1.29, 1.82) is 5.41 Å². The summed E-state index contributed by atoms with van der Waals surface area (Å²) in [5.74, 6) is 0.705. The van der Waals surface area contributed by atoms with Gasteiger partial charge in [-0.05, 0) is 57.7 Å². The van der Waals surface area contributed by atoms with Crippen LogP contribution in [-0.4, -0.2) is 48.9 Å². The molecule has 0 spiro atoms. The Balaban J connectivity index is 1.65. The lowest BCUT2D eigenvalue weighted by Crippen LogP contribution is -2.45. The average molecular weight is 359 g/mol. The molecule has 0 atom stereocenters. The second-order valence-corrected chi connectivity index (χ2v) is 7.05. The summed E-state index contributed by atoms with van der Waals surface area (Å²) in [6, 6.07) is 3.64. The molecule has 1 saturated heterocycles. The third-order valence-corrected chi connectivity index (χ3v) is 5.12. The molecule has 1 aromatic heterocycles. The highest BCUT2D eigenvalue weighted by Crippen LogP contribution is 2.24. The van der Waals surface area contributed by atoms with Crippen molar-refractivity contribution in [1.82, 2.24) is 15.6 Å². The topological polar surface area (TPSA) is 99.1 Å². The van der Waals surface area contributed by atoms with Crippen molar-refractivity contribution in [2.45, 2.75) is 57.1 Å². The average Bonchev–Trinajstić information content (AvgIpc) is 2.69. The third kappa shape index (κ3) is 4.72. The fourth-order valence-corrected chi connectivity index (χ4v) is 3.60. The first kappa shape index (κ1) is 18.6. The fraction of sp³-hybridized carbons (Fsp3) is 0.632. The molecule has 2 aliphatic rings. The zero-order valence-corrected chi connectivity index (χ0v) is 15.4. The fourth-order valence-electron chi connectivity index (χ4n) is 3.60. The number of piperidine rings is 1. The number of ether oxygens (including phenoxy) is 1. The van der Waals surface area contributed by atoms with Gasteiger partial charge in [0, 0.05) is 24.7 Å². The van der Waals surface area contributed by atoms with Crippen molar-refractivity contribution in [3.8, 4) is 5.88 Å². The van der Waals surface area contributed by atoms with Gasteiger partial charge in [-0.3, -0.25) is 10.2 Å². The van der Waals surface area contributed by atoms with Crippen LogP contribution in [-0.2, 0) is 4.79 Å². The summed E-state index contributed by atoms with van der Waals surface area (Å²) in [5, 5.41) is 17.5. The maximum Gasteiger partial charge on any atom is 0.270 e. The van der Waals surface area contributed by atoms with Crippen LogP contribution in [0.5, 0.6) is 5.88 Å². The van der Waals surface area contributed by atoms with Crippen LogP contribution in [0.2, 0.25) is 0 Å². The summed E-state index contributed by atoms with van der Waals surface area (Å²) in [4.78, 5) is 16.9. The van der Waals surface area contributed by atoms with Crippen LogP contribution >= 0.6 is 0 Å². The van der Waals surface area contributed by atoms with Crippen LogP contribution in [0.15, 0.2) is 12.1 Å². The number of hydrogen-bond acceptors (Lipinski definition) is 6. The molecule has 0 aromatic carbocycles. The first-order chi connectivity index (χ1) is 12.7. The van der Waals surface area contributed by atoms with Crippen LogP contribution in [0.25, 0.3) is 0 Å². The lowest BCUT2D eigenvalue weighted by Gasteiger charge is -2.24. The molecule has 1 amide bonds. The highest BCUT2D eigenvalue weighted by atomic mass is 16.5. The molecule has 2 fully saturated rings. The summed E-state index contributed by atoms with van der Waals surface area (Å²) in [6.45, 7) is 1.80. The molecule has 1 aliphatic heterocycles. The van der Waals surface area contributed by atoms with Crippen LogP contribution < -0.4 is 20.7 Å². The first-order valence-corrected chi connectivity index (χ1v) is 9.63. The van der Waals surface area contributed by atoms with Crippen molar-refractivity contribution < 1.29 is 9.53 Å². The van der Waals surface area contributed by atoms with Crippen molar-refractivity contribution in [2.24, 2.45) is 0 Å². The zero-order chi connectivity index (χ0) is 18.4. The van der Waals surface area contributed by atoms with Crippen LogP contribution in [0.1, 0.15) is 50.5 Å². The zero-order valence-electron chi connectivity index (χ0n) is 15.4. The molecule has 0 bridgehead atoms.